The molecule has 0 heterocycles. The standard InChI is InChI=1S/C20H15NO3/c22-16-6-2-5-13-14-9-7-11-3-1-4-12-8-10-15(18(14)17(11)12)20(19(13)16)21(23)24/h1,3-4,7-10,16,22H,2,5-6H2/t16-/m0/s1. The van der Waals surface area contributed by atoms with Gasteiger partial charge in [0.1, 0.15) is 0 Å². The van der Waals surface area contributed by atoms with Crippen LogP contribution in [-0.4, -0.2) is 10.0 Å². The Bertz CT molecular complexity index is 1120. The highest BCUT2D eigenvalue weighted by Gasteiger charge is 2.32. The summed E-state index contributed by atoms with van der Waals surface area (Å²) >= 11 is 0. The second kappa shape index (κ2) is 4.65. The van der Waals surface area contributed by atoms with E-state index in [2.05, 4.69) is 12.1 Å². The van der Waals surface area contributed by atoms with Gasteiger partial charge < -0.3 is 5.11 Å². The monoisotopic (exact) mass is 317 g/mol. The van der Waals surface area contributed by atoms with Crippen LogP contribution in [-0.2, 0) is 6.42 Å². The average molecular weight is 317 g/mol. The number of nitrogens with zero attached hydrogens (tertiary/aromatic N) is 1. The molecule has 0 radical (unpaired) electrons. The quantitative estimate of drug-likeness (QED) is 0.310. The van der Waals surface area contributed by atoms with Crippen molar-refractivity contribution >= 4 is 38.0 Å². The first kappa shape index (κ1) is 13.7. The molecule has 1 atom stereocenters. The van der Waals surface area contributed by atoms with Gasteiger partial charge in [-0.3, -0.25) is 10.1 Å². The van der Waals surface area contributed by atoms with Gasteiger partial charge in [0.25, 0.3) is 5.69 Å². The zero-order valence-corrected chi connectivity index (χ0v) is 13.0. The van der Waals surface area contributed by atoms with E-state index in [1.54, 1.807) is 0 Å². The van der Waals surface area contributed by atoms with Gasteiger partial charge >= 0.3 is 0 Å². The maximum absolute atomic E-state index is 11.9. The SMILES string of the molecule is O=[N+]([O-])c1c2c(c3ccc4cccc5ccc1c3c45)CCC[C@@H]2O. The third-order valence-corrected chi connectivity index (χ3v) is 5.36. The Labute approximate surface area is 137 Å². The zero-order chi connectivity index (χ0) is 16.4. The van der Waals surface area contributed by atoms with Crippen molar-refractivity contribution in [2.75, 3.05) is 0 Å². The molecule has 0 aliphatic heterocycles. The van der Waals surface area contributed by atoms with Crippen LogP contribution in [0.1, 0.15) is 30.1 Å². The van der Waals surface area contributed by atoms with Crippen LogP contribution in [0.2, 0.25) is 0 Å². The summed E-state index contributed by atoms with van der Waals surface area (Å²) in [4.78, 5) is 11.5. The zero-order valence-electron chi connectivity index (χ0n) is 13.0. The minimum atomic E-state index is -0.754. The summed E-state index contributed by atoms with van der Waals surface area (Å²) in [6, 6.07) is 14.0. The lowest BCUT2D eigenvalue weighted by atomic mass is 9.81. The van der Waals surface area contributed by atoms with Crippen molar-refractivity contribution in [1.82, 2.24) is 0 Å². The highest BCUT2D eigenvalue weighted by atomic mass is 16.6. The number of nitro groups is 1. The predicted octanol–water partition coefficient (Wildman–Crippen LogP) is 4.86. The molecule has 5 rings (SSSR count). The fraction of sp³-hybridized carbons (Fsp3) is 0.200. The van der Waals surface area contributed by atoms with Crippen LogP contribution >= 0.6 is 0 Å². The van der Waals surface area contributed by atoms with Gasteiger partial charge in [-0.2, -0.15) is 0 Å². The minimum Gasteiger partial charge on any atom is -0.388 e. The topological polar surface area (TPSA) is 63.4 Å². The van der Waals surface area contributed by atoms with E-state index in [0.29, 0.717) is 17.4 Å². The normalized spacial score (nSPS) is 17.6. The van der Waals surface area contributed by atoms with E-state index >= 15 is 0 Å². The van der Waals surface area contributed by atoms with Crippen LogP contribution in [0.4, 0.5) is 5.69 Å². The average Bonchev–Trinajstić information content (AvgIpc) is 2.59. The van der Waals surface area contributed by atoms with Gasteiger partial charge in [-0.1, -0.05) is 36.4 Å². The highest BCUT2D eigenvalue weighted by molar-refractivity contribution is 6.25. The van der Waals surface area contributed by atoms with E-state index in [0.717, 1.165) is 45.3 Å². The molecule has 0 saturated carbocycles. The number of hydrogen-bond donors (Lipinski definition) is 1. The van der Waals surface area contributed by atoms with Gasteiger partial charge in [0, 0.05) is 5.39 Å². The summed E-state index contributed by atoms with van der Waals surface area (Å²) in [6.45, 7) is 0. The molecule has 4 aromatic carbocycles. The molecule has 1 aliphatic carbocycles. The van der Waals surface area contributed by atoms with Crippen molar-refractivity contribution in [3.05, 3.63) is 63.7 Å². The first-order valence-corrected chi connectivity index (χ1v) is 8.21. The molecule has 4 aromatic rings. The molecular formula is C20H15NO3. The van der Waals surface area contributed by atoms with Gasteiger partial charge in [0.2, 0.25) is 0 Å². The molecule has 0 saturated heterocycles. The highest BCUT2D eigenvalue weighted by Crippen LogP contribution is 2.47. The van der Waals surface area contributed by atoms with E-state index in [1.807, 2.05) is 30.3 Å². The molecule has 0 bridgehead atoms. The molecule has 118 valence electrons. The molecule has 0 spiro atoms. The number of benzene rings is 4. The minimum absolute atomic E-state index is 0.0861. The number of rotatable bonds is 1. The number of aliphatic hydroxyl groups excluding tert-OH is 1. The van der Waals surface area contributed by atoms with Gasteiger partial charge in [-0.25, -0.2) is 0 Å². The van der Waals surface area contributed by atoms with Crippen LogP contribution in [0.3, 0.4) is 0 Å². The molecule has 24 heavy (non-hydrogen) atoms. The fourth-order valence-corrected chi connectivity index (χ4v) is 4.41. The van der Waals surface area contributed by atoms with Crippen LogP contribution in [0.15, 0.2) is 42.5 Å². The van der Waals surface area contributed by atoms with E-state index < -0.39 is 6.10 Å². The summed E-state index contributed by atoms with van der Waals surface area (Å²) < 4.78 is 0. The molecular weight excluding hydrogens is 302 g/mol. The third-order valence-electron chi connectivity index (χ3n) is 5.36. The van der Waals surface area contributed by atoms with Gasteiger partial charge in [0.15, 0.2) is 0 Å². The van der Waals surface area contributed by atoms with Crippen LogP contribution in [0.5, 0.6) is 0 Å². The van der Waals surface area contributed by atoms with Crippen molar-refractivity contribution in [2.45, 2.75) is 25.4 Å². The van der Waals surface area contributed by atoms with E-state index in [1.165, 1.54) is 0 Å². The van der Waals surface area contributed by atoms with Crippen LogP contribution < -0.4 is 0 Å². The molecule has 0 aromatic heterocycles. The van der Waals surface area contributed by atoms with E-state index in [-0.39, 0.29) is 10.6 Å². The van der Waals surface area contributed by atoms with Crippen molar-refractivity contribution in [3.63, 3.8) is 0 Å². The maximum atomic E-state index is 11.9. The Hall–Kier alpha value is -2.72. The lowest BCUT2D eigenvalue weighted by Crippen LogP contribution is -2.13. The Morgan fingerprint density at radius 3 is 2.42 bits per heavy atom. The number of aliphatic hydroxyl groups is 1. The van der Waals surface area contributed by atoms with Gasteiger partial charge in [-0.15, -0.1) is 0 Å². The summed E-state index contributed by atoms with van der Waals surface area (Å²) in [5, 5.41) is 28.2. The summed E-state index contributed by atoms with van der Waals surface area (Å²) in [5.41, 5.74) is 1.56. The fourth-order valence-electron chi connectivity index (χ4n) is 4.41. The van der Waals surface area contributed by atoms with Crippen molar-refractivity contribution < 1.29 is 10.0 Å². The number of aryl methyl sites for hydroxylation is 1. The summed E-state index contributed by atoms with van der Waals surface area (Å²) in [5.74, 6) is 0. The molecule has 0 amide bonds. The largest absolute Gasteiger partial charge is 0.388 e. The number of nitro benzene ring substituents is 1. The second-order valence-electron chi connectivity index (χ2n) is 6.59. The molecule has 1 aliphatic rings. The van der Waals surface area contributed by atoms with Crippen LogP contribution in [0, 0.1) is 10.1 Å². The predicted molar refractivity (Wildman–Crippen MR) is 94.7 cm³/mol. The lowest BCUT2D eigenvalue weighted by Gasteiger charge is -2.24. The number of hydrogen-bond acceptors (Lipinski definition) is 3. The Morgan fingerprint density at radius 2 is 1.71 bits per heavy atom. The van der Waals surface area contributed by atoms with E-state index in [9.17, 15) is 15.2 Å². The molecule has 0 unspecified atom stereocenters. The first-order valence-electron chi connectivity index (χ1n) is 8.21. The first-order chi connectivity index (χ1) is 11.7. The maximum Gasteiger partial charge on any atom is 0.283 e. The van der Waals surface area contributed by atoms with Crippen LogP contribution in [0.25, 0.3) is 32.3 Å². The van der Waals surface area contributed by atoms with Crippen molar-refractivity contribution in [2.24, 2.45) is 0 Å². The Kier molecular flexibility index (Phi) is 2.65. The smallest absolute Gasteiger partial charge is 0.283 e. The molecule has 0 fully saturated rings. The molecule has 4 nitrogen and oxygen atoms in total. The van der Waals surface area contributed by atoms with Gasteiger partial charge in [-0.05, 0) is 52.4 Å². The van der Waals surface area contributed by atoms with Gasteiger partial charge in [0.05, 0.1) is 22.0 Å². The lowest BCUT2D eigenvalue weighted by molar-refractivity contribution is -0.384. The molecule has 1 N–H and O–H groups in total. The molecule has 4 heteroatoms. The second-order valence-corrected chi connectivity index (χ2v) is 6.59. The third kappa shape index (κ3) is 1.61. The van der Waals surface area contributed by atoms with Crippen molar-refractivity contribution in [1.29, 1.82) is 0 Å². The summed E-state index contributed by atoms with van der Waals surface area (Å²) in [7, 11) is 0. The summed E-state index contributed by atoms with van der Waals surface area (Å²) in [6.07, 6.45) is 1.47. The Balaban J connectivity index is 2.12. The Morgan fingerprint density at radius 1 is 1.00 bits per heavy atom. The van der Waals surface area contributed by atoms with Crippen molar-refractivity contribution in [3.8, 4) is 0 Å². The number of fused-ring (bicyclic) bond motifs is 2. The van der Waals surface area contributed by atoms with E-state index in [4.69, 9.17) is 0 Å².